The first-order chi connectivity index (χ1) is 7.13. The van der Waals surface area contributed by atoms with Crippen molar-refractivity contribution < 1.29 is 19.4 Å². The lowest BCUT2D eigenvalue weighted by Crippen LogP contribution is -2.33. The van der Waals surface area contributed by atoms with Crippen LogP contribution in [-0.2, 0) is 9.53 Å². The molecular formula is C10H13NO4. The maximum absolute atomic E-state index is 11.1. The standard InChI is InChI=1S/C10H13NO4/c1-2-5-15-10(14)11-8-4-3-7(6-8)9(12)13/h2-4,7-8H,1,5-6H2,(H,11,14)(H,12,13)/t7-,8+/m0/s1. The fraction of sp³-hybridized carbons (Fsp3) is 0.400. The highest BCUT2D eigenvalue weighted by atomic mass is 16.5. The first kappa shape index (κ1) is 11.3. The van der Waals surface area contributed by atoms with E-state index >= 15 is 0 Å². The third-order valence-electron chi connectivity index (χ3n) is 2.04. The molecule has 0 bridgehead atoms. The number of carboxylic acids is 1. The lowest BCUT2D eigenvalue weighted by molar-refractivity contribution is -0.140. The Bertz CT molecular complexity index is 298. The summed E-state index contributed by atoms with van der Waals surface area (Å²) in [7, 11) is 0. The van der Waals surface area contributed by atoms with Crippen LogP contribution in [0.2, 0.25) is 0 Å². The van der Waals surface area contributed by atoms with Crippen molar-refractivity contribution in [3.05, 3.63) is 24.8 Å². The Morgan fingerprint density at radius 3 is 2.87 bits per heavy atom. The average Bonchev–Trinajstić information content (AvgIpc) is 2.63. The van der Waals surface area contributed by atoms with Crippen molar-refractivity contribution in [2.45, 2.75) is 12.5 Å². The molecular weight excluding hydrogens is 198 g/mol. The van der Waals surface area contributed by atoms with Gasteiger partial charge in [-0.05, 0) is 6.42 Å². The van der Waals surface area contributed by atoms with E-state index in [4.69, 9.17) is 9.84 Å². The molecule has 0 aliphatic heterocycles. The second kappa shape index (κ2) is 5.19. The van der Waals surface area contributed by atoms with Crippen molar-refractivity contribution in [3.63, 3.8) is 0 Å². The highest BCUT2D eigenvalue weighted by molar-refractivity contribution is 5.74. The highest BCUT2D eigenvalue weighted by Gasteiger charge is 2.25. The highest BCUT2D eigenvalue weighted by Crippen LogP contribution is 2.17. The number of rotatable bonds is 4. The molecule has 2 atom stereocenters. The van der Waals surface area contributed by atoms with Gasteiger partial charge in [-0.3, -0.25) is 4.79 Å². The van der Waals surface area contributed by atoms with E-state index in [1.54, 1.807) is 12.2 Å². The Labute approximate surface area is 87.4 Å². The summed E-state index contributed by atoms with van der Waals surface area (Å²) in [6.07, 6.45) is 4.51. The maximum Gasteiger partial charge on any atom is 0.407 e. The largest absolute Gasteiger partial charge is 0.481 e. The first-order valence-electron chi connectivity index (χ1n) is 4.58. The van der Waals surface area contributed by atoms with Gasteiger partial charge < -0.3 is 15.2 Å². The van der Waals surface area contributed by atoms with Crippen LogP contribution in [0.3, 0.4) is 0 Å². The van der Waals surface area contributed by atoms with E-state index in [1.165, 1.54) is 6.08 Å². The van der Waals surface area contributed by atoms with Crippen LogP contribution in [0.1, 0.15) is 6.42 Å². The zero-order valence-electron chi connectivity index (χ0n) is 8.18. The number of amides is 1. The SMILES string of the molecule is C=CCOC(=O)N[C@@H]1C=C[C@H](C(=O)O)C1. The molecule has 0 aromatic carbocycles. The fourth-order valence-electron chi connectivity index (χ4n) is 1.32. The minimum atomic E-state index is -0.880. The molecule has 0 aromatic heterocycles. The number of alkyl carbamates (subject to hydrolysis) is 1. The molecule has 0 saturated heterocycles. The third-order valence-corrected chi connectivity index (χ3v) is 2.04. The molecule has 15 heavy (non-hydrogen) atoms. The molecule has 82 valence electrons. The summed E-state index contributed by atoms with van der Waals surface area (Å²) in [6.45, 7) is 3.55. The van der Waals surface area contributed by atoms with Gasteiger partial charge >= 0.3 is 12.1 Å². The van der Waals surface area contributed by atoms with Crippen molar-refractivity contribution in [3.8, 4) is 0 Å². The van der Waals surface area contributed by atoms with E-state index in [0.29, 0.717) is 6.42 Å². The van der Waals surface area contributed by atoms with Gasteiger partial charge in [0.1, 0.15) is 6.61 Å². The van der Waals surface area contributed by atoms with Gasteiger partial charge in [0.2, 0.25) is 0 Å². The minimum Gasteiger partial charge on any atom is -0.481 e. The van der Waals surface area contributed by atoms with Gasteiger partial charge in [0, 0.05) is 0 Å². The number of nitrogens with one attached hydrogen (secondary N) is 1. The second-order valence-electron chi connectivity index (χ2n) is 3.20. The number of ether oxygens (including phenoxy) is 1. The number of carbonyl (C=O) groups excluding carboxylic acids is 1. The molecule has 1 rings (SSSR count). The number of carbonyl (C=O) groups is 2. The lowest BCUT2D eigenvalue weighted by Gasteiger charge is -2.11. The van der Waals surface area contributed by atoms with Gasteiger partial charge in [0.15, 0.2) is 0 Å². The average molecular weight is 211 g/mol. The van der Waals surface area contributed by atoms with E-state index < -0.39 is 18.0 Å². The van der Waals surface area contributed by atoms with Gasteiger partial charge in [-0.15, -0.1) is 0 Å². The normalized spacial score (nSPS) is 23.5. The van der Waals surface area contributed by atoms with Crippen LogP contribution in [0.25, 0.3) is 0 Å². The van der Waals surface area contributed by atoms with Crippen LogP contribution in [0.15, 0.2) is 24.8 Å². The van der Waals surface area contributed by atoms with Gasteiger partial charge in [-0.25, -0.2) is 4.79 Å². The summed E-state index contributed by atoms with van der Waals surface area (Å²) in [5.74, 6) is -1.40. The number of hydrogen-bond acceptors (Lipinski definition) is 3. The maximum atomic E-state index is 11.1. The number of hydrogen-bond donors (Lipinski definition) is 2. The molecule has 2 N–H and O–H groups in total. The summed E-state index contributed by atoms with van der Waals surface area (Å²) in [5.41, 5.74) is 0. The van der Waals surface area contributed by atoms with Crippen LogP contribution in [0, 0.1) is 5.92 Å². The van der Waals surface area contributed by atoms with Crippen molar-refractivity contribution in [2.75, 3.05) is 6.61 Å². The summed E-state index contributed by atoms with van der Waals surface area (Å²) >= 11 is 0. The summed E-state index contributed by atoms with van der Waals surface area (Å²) in [5, 5.41) is 11.2. The van der Waals surface area contributed by atoms with Gasteiger partial charge in [-0.1, -0.05) is 24.8 Å². The van der Waals surface area contributed by atoms with E-state index in [9.17, 15) is 9.59 Å². The molecule has 5 nitrogen and oxygen atoms in total. The summed E-state index contributed by atoms with van der Waals surface area (Å²) in [4.78, 5) is 21.7. The smallest absolute Gasteiger partial charge is 0.407 e. The Balaban J connectivity index is 2.30. The monoisotopic (exact) mass is 211 g/mol. The molecule has 0 saturated carbocycles. The molecule has 0 aromatic rings. The molecule has 0 unspecified atom stereocenters. The lowest BCUT2D eigenvalue weighted by atomic mass is 10.1. The van der Waals surface area contributed by atoms with E-state index in [2.05, 4.69) is 11.9 Å². The van der Waals surface area contributed by atoms with Crippen LogP contribution in [-0.4, -0.2) is 29.8 Å². The van der Waals surface area contributed by atoms with E-state index in [0.717, 1.165) is 0 Å². The molecule has 0 heterocycles. The molecule has 0 spiro atoms. The summed E-state index contributed by atoms with van der Waals surface area (Å²) < 4.78 is 4.70. The molecule has 0 radical (unpaired) electrons. The van der Waals surface area contributed by atoms with Crippen LogP contribution in [0.4, 0.5) is 4.79 Å². The Kier molecular flexibility index (Phi) is 3.91. The first-order valence-corrected chi connectivity index (χ1v) is 4.58. The number of aliphatic carboxylic acids is 1. The predicted molar refractivity (Wildman–Crippen MR) is 53.4 cm³/mol. The van der Waals surface area contributed by atoms with E-state index in [1.807, 2.05) is 0 Å². The summed E-state index contributed by atoms with van der Waals surface area (Å²) in [6, 6.07) is -0.261. The fourth-order valence-corrected chi connectivity index (χ4v) is 1.32. The third kappa shape index (κ3) is 3.46. The van der Waals surface area contributed by atoms with Crippen molar-refractivity contribution >= 4 is 12.1 Å². The van der Waals surface area contributed by atoms with Gasteiger partial charge in [0.05, 0.1) is 12.0 Å². The topological polar surface area (TPSA) is 75.6 Å². The van der Waals surface area contributed by atoms with Gasteiger partial charge in [-0.2, -0.15) is 0 Å². The van der Waals surface area contributed by atoms with Crippen LogP contribution >= 0.6 is 0 Å². The van der Waals surface area contributed by atoms with Crippen molar-refractivity contribution in [1.82, 2.24) is 5.32 Å². The van der Waals surface area contributed by atoms with E-state index in [-0.39, 0.29) is 12.6 Å². The van der Waals surface area contributed by atoms with Crippen LogP contribution in [0.5, 0.6) is 0 Å². The second-order valence-corrected chi connectivity index (χ2v) is 3.20. The zero-order chi connectivity index (χ0) is 11.3. The molecule has 1 aliphatic carbocycles. The zero-order valence-corrected chi connectivity index (χ0v) is 8.18. The molecule has 1 amide bonds. The Hall–Kier alpha value is -1.78. The van der Waals surface area contributed by atoms with Crippen molar-refractivity contribution in [2.24, 2.45) is 5.92 Å². The van der Waals surface area contributed by atoms with Crippen molar-refractivity contribution in [1.29, 1.82) is 0 Å². The number of carboxylic acid groups (broad SMARTS) is 1. The minimum absolute atomic E-state index is 0.143. The quantitative estimate of drug-likeness (QED) is 0.678. The Morgan fingerprint density at radius 2 is 2.33 bits per heavy atom. The molecule has 5 heteroatoms. The molecule has 0 fully saturated rings. The molecule has 1 aliphatic rings. The van der Waals surface area contributed by atoms with Gasteiger partial charge in [0.25, 0.3) is 0 Å². The predicted octanol–water partition coefficient (Wildman–Crippen LogP) is 0.928. The Morgan fingerprint density at radius 1 is 1.60 bits per heavy atom. The van der Waals surface area contributed by atoms with Crippen LogP contribution < -0.4 is 5.32 Å².